The molecule has 1 aromatic heterocycles. The molecule has 0 unspecified atom stereocenters. The van der Waals surface area contributed by atoms with Gasteiger partial charge in [0.05, 0.1) is 17.4 Å². The fourth-order valence-electron chi connectivity index (χ4n) is 1.83. The lowest BCUT2D eigenvalue weighted by Crippen LogP contribution is -1.82. The first-order valence-corrected chi connectivity index (χ1v) is 5.96. The summed E-state index contributed by atoms with van der Waals surface area (Å²) in [6.07, 6.45) is 3.42. The highest BCUT2D eigenvalue weighted by atomic mass is 19.1. The smallest absolute Gasteiger partial charge is 0.123 e. The Kier molecular flexibility index (Phi) is 3.02. The molecule has 0 aliphatic rings. The molecule has 92 valence electrons. The third-order valence-corrected chi connectivity index (χ3v) is 2.81. The molecule has 0 amide bonds. The van der Waals surface area contributed by atoms with Gasteiger partial charge in [-0.25, -0.2) is 4.39 Å². The van der Waals surface area contributed by atoms with Gasteiger partial charge in [0, 0.05) is 11.6 Å². The standard InChI is InChI=1S/C16H11FN2/c17-14-7-5-12(6-8-14)10-18-15-9-13-3-1-2-4-16(13)19-11-15/h1-11H. The molecular formula is C16H11FN2. The first-order valence-electron chi connectivity index (χ1n) is 5.96. The van der Waals surface area contributed by atoms with E-state index in [0.717, 1.165) is 22.2 Å². The van der Waals surface area contributed by atoms with E-state index >= 15 is 0 Å². The molecule has 0 aliphatic heterocycles. The molecule has 0 aliphatic carbocycles. The Hall–Kier alpha value is -2.55. The number of hydrogen-bond acceptors (Lipinski definition) is 2. The summed E-state index contributed by atoms with van der Waals surface area (Å²) in [6.45, 7) is 0. The Morgan fingerprint density at radius 3 is 2.63 bits per heavy atom. The van der Waals surface area contributed by atoms with Crippen LogP contribution in [0.25, 0.3) is 10.9 Å². The third kappa shape index (κ3) is 2.65. The van der Waals surface area contributed by atoms with Crippen LogP contribution in [0, 0.1) is 5.82 Å². The highest BCUT2D eigenvalue weighted by molar-refractivity contribution is 5.85. The minimum absolute atomic E-state index is 0.246. The number of aromatic nitrogens is 1. The molecule has 0 saturated heterocycles. The highest BCUT2D eigenvalue weighted by Gasteiger charge is 1.95. The monoisotopic (exact) mass is 250 g/mol. The van der Waals surface area contributed by atoms with Crippen molar-refractivity contribution in [1.82, 2.24) is 4.98 Å². The molecule has 0 fully saturated rings. The predicted octanol–water partition coefficient (Wildman–Crippen LogP) is 4.12. The van der Waals surface area contributed by atoms with Crippen LogP contribution in [0.5, 0.6) is 0 Å². The second-order valence-corrected chi connectivity index (χ2v) is 4.20. The summed E-state index contributed by atoms with van der Waals surface area (Å²) in [4.78, 5) is 8.68. The van der Waals surface area contributed by atoms with Gasteiger partial charge >= 0.3 is 0 Å². The van der Waals surface area contributed by atoms with Crippen LogP contribution >= 0.6 is 0 Å². The van der Waals surface area contributed by atoms with E-state index in [9.17, 15) is 4.39 Å². The molecule has 3 aromatic rings. The molecule has 0 radical (unpaired) electrons. The van der Waals surface area contributed by atoms with Gasteiger partial charge < -0.3 is 0 Å². The van der Waals surface area contributed by atoms with E-state index in [4.69, 9.17) is 0 Å². The Bertz CT molecular complexity index is 733. The second kappa shape index (κ2) is 4.98. The zero-order valence-electron chi connectivity index (χ0n) is 10.1. The Labute approximate surface area is 110 Å². The van der Waals surface area contributed by atoms with Gasteiger partial charge in [-0.1, -0.05) is 30.3 Å². The summed E-state index contributed by atoms with van der Waals surface area (Å²) in [7, 11) is 0. The van der Waals surface area contributed by atoms with Crippen molar-refractivity contribution in [3.05, 3.63) is 72.2 Å². The van der Waals surface area contributed by atoms with Gasteiger partial charge in [-0.05, 0) is 29.8 Å². The quantitative estimate of drug-likeness (QED) is 0.628. The summed E-state index contributed by atoms with van der Waals surface area (Å²) in [5, 5.41) is 1.05. The normalized spacial score (nSPS) is 11.2. The van der Waals surface area contributed by atoms with Gasteiger partial charge in [0.1, 0.15) is 5.82 Å². The summed E-state index contributed by atoms with van der Waals surface area (Å²) in [5.41, 5.74) is 2.58. The van der Waals surface area contributed by atoms with Crippen molar-refractivity contribution in [2.45, 2.75) is 0 Å². The zero-order valence-corrected chi connectivity index (χ0v) is 10.1. The molecule has 0 spiro atoms. The number of aliphatic imine (C=N–C) groups is 1. The number of rotatable bonds is 2. The van der Waals surface area contributed by atoms with Crippen LogP contribution in [0.2, 0.25) is 0 Å². The molecule has 2 aromatic carbocycles. The van der Waals surface area contributed by atoms with Crippen LogP contribution in [0.1, 0.15) is 5.56 Å². The lowest BCUT2D eigenvalue weighted by molar-refractivity contribution is 0.628. The SMILES string of the molecule is Fc1ccc(C=Nc2cnc3ccccc3c2)cc1. The Morgan fingerprint density at radius 2 is 1.79 bits per heavy atom. The maximum Gasteiger partial charge on any atom is 0.123 e. The predicted molar refractivity (Wildman–Crippen MR) is 75.4 cm³/mol. The Morgan fingerprint density at radius 1 is 1.00 bits per heavy atom. The van der Waals surface area contributed by atoms with Gasteiger partial charge in [-0.3, -0.25) is 9.98 Å². The molecule has 0 saturated carbocycles. The average Bonchev–Trinajstić information content (AvgIpc) is 2.46. The molecule has 0 bridgehead atoms. The van der Waals surface area contributed by atoms with Crippen molar-refractivity contribution < 1.29 is 4.39 Å². The van der Waals surface area contributed by atoms with E-state index in [1.54, 1.807) is 24.5 Å². The topological polar surface area (TPSA) is 25.2 Å². The zero-order chi connectivity index (χ0) is 13.1. The minimum Gasteiger partial charge on any atom is -0.255 e. The lowest BCUT2D eigenvalue weighted by Gasteiger charge is -1.98. The maximum absolute atomic E-state index is 12.8. The first kappa shape index (κ1) is 11.5. The Balaban J connectivity index is 1.90. The van der Waals surface area contributed by atoms with Crippen molar-refractivity contribution >= 4 is 22.8 Å². The molecule has 1 heterocycles. The fraction of sp³-hybridized carbons (Fsp3) is 0. The van der Waals surface area contributed by atoms with E-state index in [2.05, 4.69) is 9.98 Å². The largest absolute Gasteiger partial charge is 0.255 e. The first-order chi connectivity index (χ1) is 9.31. The van der Waals surface area contributed by atoms with Crippen molar-refractivity contribution in [3.63, 3.8) is 0 Å². The lowest BCUT2D eigenvalue weighted by atomic mass is 10.2. The van der Waals surface area contributed by atoms with Crippen LogP contribution < -0.4 is 0 Å². The summed E-state index contributed by atoms with van der Waals surface area (Å²) < 4.78 is 12.8. The summed E-state index contributed by atoms with van der Waals surface area (Å²) in [5.74, 6) is -0.246. The van der Waals surface area contributed by atoms with Crippen LogP contribution in [0.15, 0.2) is 65.8 Å². The highest BCUT2D eigenvalue weighted by Crippen LogP contribution is 2.18. The van der Waals surface area contributed by atoms with E-state index in [-0.39, 0.29) is 5.82 Å². The van der Waals surface area contributed by atoms with Crippen molar-refractivity contribution in [1.29, 1.82) is 0 Å². The molecule has 0 N–H and O–H groups in total. The van der Waals surface area contributed by atoms with Crippen molar-refractivity contribution in [2.75, 3.05) is 0 Å². The fourth-order valence-corrected chi connectivity index (χ4v) is 1.83. The van der Waals surface area contributed by atoms with E-state index < -0.39 is 0 Å². The number of hydrogen-bond donors (Lipinski definition) is 0. The van der Waals surface area contributed by atoms with Gasteiger partial charge in [-0.15, -0.1) is 0 Å². The van der Waals surface area contributed by atoms with E-state index in [1.165, 1.54) is 12.1 Å². The minimum atomic E-state index is -0.246. The van der Waals surface area contributed by atoms with Crippen molar-refractivity contribution in [2.24, 2.45) is 4.99 Å². The summed E-state index contributed by atoms with van der Waals surface area (Å²) in [6, 6.07) is 16.1. The number of para-hydroxylation sites is 1. The second-order valence-electron chi connectivity index (χ2n) is 4.20. The van der Waals surface area contributed by atoms with Gasteiger partial charge in [0.2, 0.25) is 0 Å². The van der Waals surface area contributed by atoms with Crippen LogP contribution in [0.3, 0.4) is 0 Å². The van der Waals surface area contributed by atoms with Crippen molar-refractivity contribution in [3.8, 4) is 0 Å². The number of halogens is 1. The number of fused-ring (bicyclic) bond motifs is 1. The van der Waals surface area contributed by atoms with Gasteiger partial charge in [-0.2, -0.15) is 0 Å². The summed E-state index contributed by atoms with van der Waals surface area (Å²) >= 11 is 0. The van der Waals surface area contributed by atoms with E-state index in [0.29, 0.717) is 0 Å². The molecule has 0 atom stereocenters. The number of benzene rings is 2. The third-order valence-electron chi connectivity index (χ3n) is 2.81. The van der Waals surface area contributed by atoms with Crippen LogP contribution in [-0.4, -0.2) is 11.2 Å². The average molecular weight is 250 g/mol. The molecular weight excluding hydrogens is 239 g/mol. The maximum atomic E-state index is 12.8. The van der Waals surface area contributed by atoms with E-state index in [1.807, 2.05) is 30.3 Å². The molecule has 19 heavy (non-hydrogen) atoms. The molecule has 3 rings (SSSR count). The molecule has 2 nitrogen and oxygen atoms in total. The number of nitrogens with zero attached hydrogens (tertiary/aromatic N) is 2. The van der Waals surface area contributed by atoms with Gasteiger partial charge in [0.25, 0.3) is 0 Å². The van der Waals surface area contributed by atoms with Crippen LogP contribution in [-0.2, 0) is 0 Å². The molecule has 3 heteroatoms. The number of pyridine rings is 1. The van der Waals surface area contributed by atoms with Crippen LogP contribution in [0.4, 0.5) is 10.1 Å². The van der Waals surface area contributed by atoms with Gasteiger partial charge in [0.15, 0.2) is 0 Å².